The van der Waals surface area contributed by atoms with Crippen molar-refractivity contribution in [3.63, 3.8) is 0 Å². The number of rotatable bonds is 4. The van der Waals surface area contributed by atoms with Crippen molar-refractivity contribution in [1.82, 2.24) is 0 Å². The summed E-state index contributed by atoms with van der Waals surface area (Å²) >= 11 is 0. The maximum absolute atomic E-state index is 10.3. The molecule has 4 aliphatic rings. The first-order valence-corrected chi connectivity index (χ1v) is 13.6. The van der Waals surface area contributed by atoms with E-state index in [1.807, 2.05) is 0 Å². The van der Waals surface area contributed by atoms with Crippen LogP contribution in [-0.4, -0.2) is 11.2 Å². The standard InChI is InChI=1S/C30H46O/c1-20-7-5-6-8-22(20)10-9-21(2)26-13-14-27-25-12-11-23-19-24(31)15-17-29(23,3)28(25)16-18-30(26,27)4/h5-8,21,23-28,31H,9-19H2,1-4H3/t21-,23+,24+,25+,26-,27+,28+,29+,30-/m1/s1. The van der Waals surface area contributed by atoms with Gasteiger partial charge in [0, 0.05) is 0 Å². The molecule has 1 aromatic rings. The van der Waals surface area contributed by atoms with E-state index in [2.05, 4.69) is 52.0 Å². The predicted molar refractivity (Wildman–Crippen MR) is 130 cm³/mol. The lowest BCUT2D eigenvalue weighted by molar-refractivity contribution is -0.129. The molecule has 9 atom stereocenters. The van der Waals surface area contributed by atoms with Crippen LogP contribution in [0.5, 0.6) is 0 Å². The van der Waals surface area contributed by atoms with Crippen LogP contribution < -0.4 is 0 Å². The molecule has 0 aromatic heterocycles. The minimum Gasteiger partial charge on any atom is -0.393 e. The van der Waals surface area contributed by atoms with Crippen molar-refractivity contribution in [2.24, 2.45) is 46.3 Å². The molecule has 0 heterocycles. The van der Waals surface area contributed by atoms with Gasteiger partial charge < -0.3 is 5.11 Å². The highest BCUT2D eigenvalue weighted by Gasteiger charge is 2.60. The van der Waals surface area contributed by atoms with Gasteiger partial charge in [0.2, 0.25) is 0 Å². The van der Waals surface area contributed by atoms with Crippen LogP contribution in [0.3, 0.4) is 0 Å². The molecule has 1 heteroatoms. The Hall–Kier alpha value is -0.820. The van der Waals surface area contributed by atoms with Gasteiger partial charge >= 0.3 is 0 Å². The molecular formula is C30H46O. The Bertz CT molecular complexity index is 784. The van der Waals surface area contributed by atoms with E-state index in [9.17, 15) is 5.11 Å². The van der Waals surface area contributed by atoms with Crippen molar-refractivity contribution in [3.05, 3.63) is 35.4 Å². The zero-order valence-electron chi connectivity index (χ0n) is 20.6. The Morgan fingerprint density at radius 3 is 2.48 bits per heavy atom. The minimum absolute atomic E-state index is 0.0200. The average molecular weight is 423 g/mol. The van der Waals surface area contributed by atoms with Crippen molar-refractivity contribution in [1.29, 1.82) is 0 Å². The molecule has 0 saturated heterocycles. The summed E-state index contributed by atoms with van der Waals surface area (Å²) in [6, 6.07) is 9.00. The van der Waals surface area contributed by atoms with E-state index in [0.717, 1.165) is 48.3 Å². The molecule has 0 unspecified atom stereocenters. The van der Waals surface area contributed by atoms with Crippen molar-refractivity contribution >= 4 is 0 Å². The second-order valence-corrected chi connectivity index (χ2v) is 12.8. The second kappa shape index (κ2) is 8.19. The lowest BCUT2D eigenvalue weighted by Gasteiger charge is -2.61. The quantitative estimate of drug-likeness (QED) is 0.530. The molecule has 5 rings (SSSR count). The van der Waals surface area contributed by atoms with Gasteiger partial charge in [-0.2, -0.15) is 0 Å². The predicted octanol–water partition coefficient (Wildman–Crippen LogP) is 7.58. The van der Waals surface area contributed by atoms with Crippen molar-refractivity contribution in [2.45, 2.75) is 104 Å². The fourth-order valence-corrected chi connectivity index (χ4v) is 9.69. The van der Waals surface area contributed by atoms with E-state index in [0.29, 0.717) is 10.8 Å². The normalized spacial score (nSPS) is 45.5. The van der Waals surface area contributed by atoms with Gasteiger partial charge in [0.05, 0.1) is 6.10 Å². The molecular weight excluding hydrogens is 376 g/mol. The topological polar surface area (TPSA) is 20.2 Å². The van der Waals surface area contributed by atoms with Gasteiger partial charge in [-0.05, 0) is 135 Å². The molecule has 0 aliphatic heterocycles. The van der Waals surface area contributed by atoms with Crippen LogP contribution >= 0.6 is 0 Å². The van der Waals surface area contributed by atoms with E-state index in [4.69, 9.17) is 0 Å². The van der Waals surface area contributed by atoms with Gasteiger partial charge in [-0.25, -0.2) is 0 Å². The van der Waals surface area contributed by atoms with E-state index in [-0.39, 0.29) is 6.10 Å². The first-order valence-electron chi connectivity index (χ1n) is 13.6. The molecule has 31 heavy (non-hydrogen) atoms. The van der Waals surface area contributed by atoms with E-state index in [1.54, 1.807) is 5.56 Å². The lowest BCUT2D eigenvalue weighted by Crippen LogP contribution is -2.54. The summed E-state index contributed by atoms with van der Waals surface area (Å²) < 4.78 is 0. The third-order valence-corrected chi connectivity index (χ3v) is 11.5. The number of benzene rings is 1. The Labute approximate surface area is 191 Å². The first kappa shape index (κ1) is 22.0. The van der Waals surface area contributed by atoms with Crippen LogP contribution in [-0.2, 0) is 6.42 Å². The molecule has 172 valence electrons. The van der Waals surface area contributed by atoms with Gasteiger partial charge in [0.25, 0.3) is 0 Å². The fraction of sp³-hybridized carbons (Fsp3) is 0.800. The summed E-state index contributed by atoms with van der Waals surface area (Å²) in [7, 11) is 0. The summed E-state index contributed by atoms with van der Waals surface area (Å²) in [5.41, 5.74) is 4.11. The van der Waals surface area contributed by atoms with Crippen molar-refractivity contribution < 1.29 is 5.11 Å². The number of aryl methyl sites for hydroxylation is 2. The van der Waals surface area contributed by atoms with Crippen LogP contribution in [0.4, 0.5) is 0 Å². The second-order valence-electron chi connectivity index (χ2n) is 12.8. The van der Waals surface area contributed by atoms with Gasteiger partial charge in [0.1, 0.15) is 0 Å². The molecule has 4 aliphatic carbocycles. The lowest BCUT2D eigenvalue weighted by atomic mass is 9.44. The Balaban J connectivity index is 1.29. The van der Waals surface area contributed by atoms with E-state index >= 15 is 0 Å². The molecule has 0 bridgehead atoms. The largest absolute Gasteiger partial charge is 0.393 e. The zero-order chi connectivity index (χ0) is 21.8. The highest BCUT2D eigenvalue weighted by molar-refractivity contribution is 5.25. The van der Waals surface area contributed by atoms with Crippen LogP contribution in [0, 0.1) is 53.3 Å². The Kier molecular flexibility index (Phi) is 5.81. The SMILES string of the molecule is Cc1ccccc1CC[C@@H](C)[C@H]1CC[C@H]2[C@@H]3CC[C@H]4C[C@@H](O)CC[C@]4(C)[C@H]3CC[C@]12C. The summed E-state index contributed by atoms with van der Waals surface area (Å²) in [5.74, 6) is 5.39. The van der Waals surface area contributed by atoms with E-state index in [1.165, 1.54) is 63.4 Å². The van der Waals surface area contributed by atoms with Crippen molar-refractivity contribution in [3.8, 4) is 0 Å². The summed E-state index contributed by atoms with van der Waals surface area (Å²) in [6.45, 7) is 10.2. The number of aliphatic hydroxyl groups is 1. The maximum atomic E-state index is 10.3. The number of aliphatic hydroxyl groups excluding tert-OH is 1. The van der Waals surface area contributed by atoms with Crippen LogP contribution in [0.15, 0.2) is 24.3 Å². The fourth-order valence-electron chi connectivity index (χ4n) is 9.69. The van der Waals surface area contributed by atoms with Gasteiger partial charge in [0.15, 0.2) is 0 Å². The highest BCUT2D eigenvalue weighted by Crippen LogP contribution is 2.68. The number of fused-ring (bicyclic) bond motifs is 5. The van der Waals surface area contributed by atoms with Crippen LogP contribution in [0.2, 0.25) is 0 Å². The Morgan fingerprint density at radius 2 is 1.68 bits per heavy atom. The number of hydrogen-bond acceptors (Lipinski definition) is 1. The molecule has 0 spiro atoms. The van der Waals surface area contributed by atoms with Gasteiger partial charge in [-0.15, -0.1) is 0 Å². The van der Waals surface area contributed by atoms with Gasteiger partial charge in [-0.3, -0.25) is 0 Å². The Morgan fingerprint density at radius 1 is 0.935 bits per heavy atom. The van der Waals surface area contributed by atoms with Crippen molar-refractivity contribution in [2.75, 3.05) is 0 Å². The molecule has 4 saturated carbocycles. The molecule has 1 aromatic carbocycles. The van der Waals surface area contributed by atoms with Crippen LogP contribution in [0.1, 0.15) is 96.1 Å². The van der Waals surface area contributed by atoms with E-state index < -0.39 is 0 Å². The molecule has 1 nitrogen and oxygen atoms in total. The summed E-state index contributed by atoms with van der Waals surface area (Å²) in [4.78, 5) is 0. The maximum Gasteiger partial charge on any atom is 0.0543 e. The summed E-state index contributed by atoms with van der Waals surface area (Å²) in [5, 5.41) is 10.3. The molecule has 0 radical (unpaired) electrons. The smallest absolute Gasteiger partial charge is 0.0543 e. The number of hydrogen-bond donors (Lipinski definition) is 1. The van der Waals surface area contributed by atoms with Gasteiger partial charge in [-0.1, -0.05) is 45.0 Å². The van der Waals surface area contributed by atoms with Crippen LogP contribution in [0.25, 0.3) is 0 Å². The average Bonchev–Trinajstić information content (AvgIpc) is 3.11. The summed E-state index contributed by atoms with van der Waals surface area (Å²) in [6.07, 6.45) is 14.7. The zero-order valence-corrected chi connectivity index (χ0v) is 20.6. The molecule has 1 N–H and O–H groups in total. The minimum atomic E-state index is -0.0200. The molecule has 4 fully saturated rings. The molecule has 0 amide bonds. The monoisotopic (exact) mass is 422 g/mol. The third kappa shape index (κ3) is 3.62. The third-order valence-electron chi connectivity index (χ3n) is 11.5. The first-order chi connectivity index (χ1) is 14.8. The highest BCUT2D eigenvalue weighted by atomic mass is 16.3.